The van der Waals surface area contributed by atoms with Gasteiger partial charge in [0.1, 0.15) is 4.64 Å². The highest BCUT2D eigenvalue weighted by Gasteiger charge is 2.06. The lowest BCUT2D eigenvalue weighted by Gasteiger charge is -1.99. The van der Waals surface area contributed by atoms with Gasteiger partial charge in [0.15, 0.2) is 5.65 Å². The van der Waals surface area contributed by atoms with Crippen LogP contribution in [0.15, 0.2) is 12.1 Å². The minimum atomic E-state index is 0.464. The first-order valence-electron chi connectivity index (χ1n) is 5.23. The maximum absolute atomic E-state index is 5.30. The summed E-state index contributed by atoms with van der Waals surface area (Å²) >= 11 is 5.30. The largest absolute Gasteiger partial charge is 0.295 e. The smallest absolute Gasteiger partial charge is 0.154 e. The molecule has 0 spiro atoms. The summed E-state index contributed by atoms with van der Waals surface area (Å²) in [6.45, 7) is 6.38. The zero-order valence-electron chi connectivity index (χ0n) is 9.24. The van der Waals surface area contributed by atoms with E-state index in [2.05, 4.69) is 36.9 Å². The Balaban J connectivity index is 2.70. The van der Waals surface area contributed by atoms with Crippen molar-refractivity contribution in [1.82, 2.24) is 14.6 Å². The number of nitrogens with zero attached hydrogens (tertiary/aromatic N) is 2. The Morgan fingerprint density at radius 1 is 1.47 bits per heavy atom. The van der Waals surface area contributed by atoms with Crippen LogP contribution in [-0.2, 0) is 6.42 Å². The average Bonchev–Trinajstić information content (AvgIpc) is 2.61. The second-order valence-electron chi connectivity index (χ2n) is 4.00. The van der Waals surface area contributed by atoms with Gasteiger partial charge in [-0.05, 0) is 18.4 Å². The van der Waals surface area contributed by atoms with Crippen LogP contribution in [0.5, 0.6) is 0 Å². The average molecular weight is 221 g/mol. The Bertz CT molecular complexity index is 536. The molecule has 15 heavy (non-hydrogen) atoms. The molecule has 0 amide bonds. The van der Waals surface area contributed by atoms with E-state index in [-0.39, 0.29) is 0 Å². The normalized spacial score (nSPS) is 11.5. The van der Waals surface area contributed by atoms with E-state index in [9.17, 15) is 0 Å². The Morgan fingerprint density at radius 2 is 2.20 bits per heavy atom. The van der Waals surface area contributed by atoms with Crippen LogP contribution in [-0.4, -0.2) is 14.6 Å². The topological polar surface area (TPSA) is 33.1 Å². The van der Waals surface area contributed by atoms with Crippen LogP contribution < -0.4 is 0 Å². The van der Waals surface area contributed by atoms with Gasteiger partial charge in [0, 0.05) is 17.5 Å². The molecule has 1 N–H and O–H groups in total. The predicted octanol–water partition coefficient (Wildman–Crippen LogP) is 3.08. The highest BCUT2D eigenvalue weighted by atomic mass is 32.1. The molecule has 3 nitrogen and oxygen atoms in total. The van der Waals surface area contributed by atoms with Crippen molar-refractivity contribution in [3.05, 3.63) is 28.2 Å². The van der Waals surface area contributed by atoms with E-state index < -0.39 is 0 Å². The molecule has 0 aliphatic carbocycles. The maximum Gasteiger partial charge on any atom is 0.154 e. The first-order chi connectivity index (χ1) is 7.11. The van der Waals surface area contributed by atoms with E-state index in [1.54, 1.807) is 0 Å². The van der Waals surface area contributed by atoms with Gasteiger partial charge < -0.3 is 0 Å². The third-order valence-electron chi connectivity index (χ3n) is 2.51. The molecule has 0 aliphatic rings. The van der Waals surface area contributed by atoms with Crippen molar-refractivity contribution >= 4 is 17.9 Å². The van der Waals surface area contributed by atoms with E-state index in [4.69, 9.17) is 12.2 Å². The SMILES string of the molecule is CCc1cc(=S)n2[nH]c(C(C)C)cc2n1. The van der Waals surface area contributed by atoms with Crippen LogP contribution >= 0.6 is 12.2 Å². The van der Waals surface area contributed by atoms with Gasteiger partial charge in [-0.15, -0.1) is 0 Å². The summed E-state index contributed by atoms with van der Waals surface area (Å²) in [5.41, 5.74) is 3.14. The monoisotopic (exact) mass is 221 g/mol. The first-order valence-corrected chi connectivity index (χ1v) is 5.64. The highest BCUT2D eigenvalue weighted by molar-refractivity contribution is 7.71. The molecule has 0 radical (unpaired) electrons. The number of aromatic nitrogens is 3. The van der Waals surface area contributed by atoms with E-state index in [0.717, 1.165) is 22.4 Å². The Hall–Kier alpha value is -1.16. The highest BCUT2D eigenvalue weighted by Crippen LogP contribution is 2.15. The van der Waals surface area contributed by atoms with Gasteiger partial charge in [0.05, 0.1) is 0 Å². The number of rotatable bonds is 2. The van der Waals surface area contributed by atoms with Crippen molar-refractivity contribution in [2.45, 2.75) is 33.1 Å². The molecule has 0 saturated carbocycles. The number of nitrogens with one attached hydrogen (secondary N) is 1. The molecule has 2 aromatic heterocycles. The number of hydrogen-bond donors (Lipinski definition) is 1. The van der Waals surface area contributed by atoms with Crippen LogP contribution in [0, 0.1) is 4.64 Å². The van der Waals surface area contributed by atoms with Crippen molar-refractivity contribution in [3.63, 3.8) is 0 Å². The molecule has 0 saturated heterocycles. The molecule has 4 heteroatoms. The fourth-order valence-corrected chi connectivity index (χ4v) is 1.81. The summed E-state index contributed by atoms with van der Waals surface area (Å²) < 4.78 is 2.66. The lowest BCUT2D eigenvalue weighted by molar-refractivity contribution is 0.780. The number of hydrogen-bond acceptors (Lipinski definition) is 2. The van der Waals surface area contributed by atoms with Gasteiger partial charge in [-0.2, -0.15) is 0 Å². The summed E-state index contributed by atoms with van der Waals surface area (Å²) in [7, 11) is 0. The number of aromatic amines is 1. The third kappa shape index (κ3) is 1.81. The van der Waals surface area contributed by atoms with E-state index in [1.165, 1.54) is 5.69 Å². The predicted molar refractivity (Wildman–Crippen MR) is 63.8 cm³/mol. The van der Waals surface area contributed by atoms with Crippen molar-refractivity contribution < 1.29 is 0 Å². The van der Waals surface area contributed by atoms with Gasteiger partial charge in [-0.25, -0.2) is 9.50 Å². The van der Waals surface area contributed by atoms with E-state index in [1.807, 2.05) is 10.6 Å². The summed E-state index contributed by atoms with van der Waals surface area (Å²) in [5, 5.41) is 3.26. The van der Waals surface area contributed by atoms with Gasteiger partial charge in [-0.3, -0.25) is 5.10 Å². The Kier molecular flexibility index (Phi) is 2.61. The summed E-state index contributed by atoms with van der Waals surface area (Å²) in [5.74, 6) is 0.464. The lowest BCUT2D eigenvalue weighted by atomic mass is 10.1. The minimum Gasteiger partial charge on any atom is -0.295 e. The van der Waals surface area contributed by atoms with E-state index >= 15 is 0 Å². The molecule has 80 valence electrons. The van der Waals surface area contributed by atoms with Gasteiger partial charge in [-0.1, -0.05) is 33.0 Å². The quantitative estimate of drug-likeness (QED) is 0.791. The van der Waals surface area contributed by atoms with Crippen molar-refractivity contribution in [3.8, 4) is 0 Å². The van der Waals surface area contributed by atoms with Crippen molar-refractivity contribution in [2.24, 2.45) is 0 Å². The van der Waals surface area contributed by atoms with Crippen molar-refractivity contribution in [1.29, 1.82) is 0 Å². The summed E-state index contributed by atoms with van der Waals surface area (Å²) in [6.07, 6.45) is 0.919. The third-order valence-corrected chi connectivity index (χ3v) is 2.81. The molecule has 2 aromatic rings. The molecular weight excluding hydrogens is 206 g/mol. The van der Waals surface area contributed by atoms with Gasteiger partial charge >= 0.3 is 0 Å². The molecule has 2 rings (SSSR count). The van der Waals surface area contributed by atoms with Crippen molar-refractivity contribution in [2.75, 3.05) is 0 Å². The first kappa shape index (κ1) is 10.4. The standard InChI is InChI=1S/C11H15N3S/c1-4-8-5-11(15)14-10(12-8)6-9(13-14)7(2)3/h5-7,13H,4H2,1-3H3. The fourth-order valence-electron chi connectivity index (χ4n) is 1.54. The minimum absolute atomic E-state index is 0.464. The maximum atomic E-state index is 5.30. The van der Waals surface area contributed by atoms with Crippen LogP contribution in [0.1, 0.15) is 38.1 Å². The number of aryl methyl sites for hydroxylation is 1. The molecule has 0 aliphatic heterocycles. The molecule has 0 unspecified atom stereocenters. The Morgan fingerprint density at radius 3 is 2.80 bits per heavy atom. The second-order valence-corrected chi connectivity index (χ2v) is 4.42. The number of fused-ring (bicyclic) bond motifs is 1. The van der Waals surface area contributed by atoms with Gasteiger partial charge in [0.2, 0.25) is 0 Å². The van der Waals surface area contributed by atoms with Gasteiger partial charge in [0.25, 0.3) is 0 Å². The molecule has 0 fully saturated rings. The summed E-state index contributed by atoms with van der Waals surface area (Å²) in [4.78, 5) is 4.52. The van der Waals surface area contributed by atoms with Crippen LogP contribution in [0.3, 0.4) is 0 Å². The second kappa shape index (κ2) is 3.77. The molecular formula is C11H15N3S. The lowest BCUT2D eigenvalue weighted by Crippen LogP contribution is -1.96. The molecule has 0 atom stereocenters. The Labute approximate surface area is 94.1 Å². The van der Waals surface area contributed by atoms with Crippen LogP contribution in [0.25, 0.3) is 5.65 Å². The number of H-pyrrole nitrogens is 1. The van der Waals surface area contributed by atoms with Crippen LogP contribution in [0.4, 0.5) is 0 Å². The molecule has 0 bridgehead atoms. The van der Waals surface area contributed by atoms with Crippen LogP contribution in [0.2, 0.25) is 0 Å². The zero-order chi connectivity index (χ0) is 11.0. The fraction of sp³-hybridized carbons (Fsp3) is 0.455. The molecule has 0 aromatic carbocycles. The molecule has 2 heterocycles. The summed E-state index contributed by atoms with van der Waals surface area (Å²) in [6, 6.07) is 4.02. The van der Waals surface area contributed by atoms with E-state index in [0.29, 0.717) is 5.92 Å². The zero-order valence-corrected chi connectivity index (χ0v) is 10.1.